The summed E-state index contributed by atoms with van der Waals surface area (Å²) < 4.78 is 16.6. The molecule has 0 amide bonds. The number of nitrogens with zero attached hydrogens (tertiary/aromatic N) is 1. The van der Waals surface area contributed by atoms with E-state index in [0.29, 0.717) is 16.6 Å². The molecule has 26 heavy (non-hydrogen) atoms. The summed E-state index contributed by atoms with van der Waals surface area (Å²) in [7, 11) is 3.30. The maximum atomic E-state index is 12.1. The van der Waals surface area contributed by atoms with Crippen LogP contribution in [0.3, 0.4) is 0 Å². The average molecular weight is 400 g/mol. The number of likely N-dealkylation sites (tertiary alicyclic amines) is 1. The molecule has 1 saturated heterocycles. The van der Waals surface area contributed by atoms with Crippen molar-refractivity contribution in [2.45, 2.75) is 18.2 Å². The highest BCUT2D eigenvalue weighted by Gasteiger charge is 2.56. The molecule has 2 aliphatic heterocycles. The van der Waals surface area contributed by atoms with Gasteiger partial charge in [-0.05, 0) is 37.1 Å². The van der Waals surface area contributed by atoms with Crippen molar-refractivity contribution in [1.29, 1.82) is 0 Å². The Hall–Kier alpha value is -1.60. The van der Waals surface area contributed by atoms with E-state index in [2.05, 4.69) is 0 Å². The summed E-state index contributed by atoms with van der Waals surface area (Å²) in [4.78, 5) is 25.9. The van der Waals surface area contributed by atoms with Gasteiger partial charge in [0.25, 0.3) is 0 Å². The number of hydrogen-bond donors (Lipinski definition) is 0. The minimum atomic E-state index is -1.55. The molecule has 140 valence electrons. The lowest BCUT2D eigenvalue weighted by atomic mass is 9.78. The zero-order valence-electron chi connectivity index (χ0n) is 14.4. The highest BCUT2D eigenvalue weighted by molar-refractivity contribution is 6.42. The van der Waals surface area contributed by atoms with Crippen molar-refractivity contribution in [2.24, 2.45) is 5.92 Å². The van der Waals surface area contributed by atoms with Crippen LogP contribution < -0.4 is 0 Å². The molecule has 0 radical (unpaired) electrons. The first-order valence-electron chi connectivity index (χ1n) is 8.16. The number of rotatable bonds is 3. The third-order valence-electron chi connectivity index (χ3n) is 4.83. The summed E-state index contributed by atoms with van der Waals surface area (Å²) in [6.07, 6.45) is 2.88. The van der Waals surface area contributed by atoms with Crippen LogP contribution in [0.2, 0.25) is 10.0 Å². The zero-order valence-corrected chi connectivity index (χ0v) is 15.9. The van der Waals surface area contributed by atoms with Crippen LogP contribution in [0.5, 0.6) is 0 Å². The monoisotopic (exact) mass is 399 g/mol. The molecule has 0 aromatic heterocycles. The smallest absolute Gasteiger partial charge is 0.335 e. The fourth-order valence-electron chi connectivity index (χ4n) is 3.59. The lowest BCUT2D eigenvalue weighted by Gasteiger charge is -2.49. The van der Waals surface area contributed by atoms with E-state index in [1.165, 1.54) is 0 Å². The Morgan fingerprint density at radius 2 is 1.85 bits per heavy atom. The molecule has 0 bridgehead atoms. The molecular formula is C18H19Cl2NO5. The molecule has 3 rings (SSSR count). The average Bonchev–Trinajstić information content (AvgIpc) is 2.75. The summed E-state index contributed by atoms with van der Waals surface area (Å²) in [6, 6.07) is 5.38. The summed E-state index contributed by atoms with van der Waals surface area (Å²) >= 11 is 12.2. The molecule has 6 nitrogen and oxygen atoms in total. The molecule has 0 saturated carbocycles. The number of piperidine rings is 1. The van der Waals surface area contributed by atoms with Crippen molar-refractivity contribution >= 4 is 35.1 Å². The van der Waals surface area contributed by atoms with Gasteiger partial charge in [0.05, 0.1) is 22.6 Å². The number of carbonyl (C=O) groups is 2. The van der Waals surface area contributed by atoms with Gasteiger partial charge >= 0.3 is 17.8 Å². The van der Waals surface area contributed by atoms with Gasteiger partial charge in [0.1, 0.15) is 0 Å². The molecule has 2 heterocycles. The van der Waals surface area contributed by atoms with Gasteiger partial charge in [0.2, 0.25) is 0 Å². The van der Waals surface area contributed by atoms with Crippen LogP contribution in [0.1, 0.15) is 17.9 Å². The van der Waals surface area contributed by atoms with Crippen LogP contribution in [-0.2, 0) is 23.8 Å². The first-order valence-corrected chi connectivity index (χ1v) is 8.92. The molecule has 2 atom stereocenters. The second-order valence-corrected chi connectivity index (χ2v) is 7.17. The fraction of sp³-hybridized carbons (Fsp3) is 0.444. The van der Waals surface area contributed by atoms with Crippen molar-refractivity contribution < 1.29 is 23.8 Å². The lowest BCUT2D eigenvalue weighted by molar-refractivity contribution is -0.319. The maximum Gasteiger partial charge on any atom is 0.335 e. The highest BCUT2D eigenvalue weighted by atomic mass is 35.5. The van der Waals surface area contributed by atoms with Crippen molar-refractivity contribution in [1.82, 2.24) is 4.90 Å². The second kappa shape index (κ2) is 7.56. The Morgan fingerprint density at radius 3 is 2.42 bits per heavy atom. The number of halogens is 2. The van der Waals surface area contributed by atoms with Gasteiger partial charge in [-0.3, -0.25) is 0 Å². The van der Waals surface area contributed by atoms with Crippen molar-refractivity contribution in [3.63, 3.8) is 0 Å². The fourth-order valence-corrected chi connectivity index (χ4v) is 3.90. The van der Waals surface area contributed by atoms with Crippen LogP contribution in [0.15, 0.2) is 30.4 Å². The molecule has 1 fully saturated rings. The first-order chi connectivity index (χ1) is 12.4. The maximum absolute atomic E-state index is 12.1. The molecule has 1 aromatic rings. The number of hydrogen-bond acceptors (Lipinski definition) is 6. The van der Waals surface area contributed by atoms with Gasteiger partial charge in [-0.2, -0.15) is 0 Å². The van der Waals surface area contributed by atoms with E-state index in [4.69, 9.17) is 37.4 Å². The van der Waals surface area contributed by atoms with Crippen molar-refractivity contribution in [3.8, 4) is 0 Å². The highest BCUT2D eigenvalue weighted by Crippen LogP contribution is 2.45. The second-order valence-electron chi connectivity index (χ2n) is 6.36. The van der Waals surface area contributed by atoms with E-state index in [9.17, 15) is 9.59 Å². The summed E-state index contributed by atoms with van der Waals surface area (Å²) in [5, 5.41) is 0.891. The van der Waals surface area contributed by atoms with E-state index >= 15 is 0 Å². The standard InChI is InChI=1S/C18H19Cl2NO5/c1-21-8-7-12(11-3-4-14(19)15(20)9-11)13(10-24-2)18(21)25-16(22)5-6-17(23)26-18/h3-6,9,12-13H,7-8,10H2,1-2H3. The molecule has 2 aliphatic rings. The van der Waals surface area contributed by atoms with E-state index in [0.717, 1.165) is 24.1 Å². The third-order valence-corrected chi connectivity index (χ3v) is 5.57. The summed E-state index contributed by atoms with van der Waals surface area (Å²) in [6.45, 7) is 0.765. The molecule has 8 heteroatoms. The lowest BCUT2D eigenvalue weighted by Crippen LogP contribution is -2.63. The van der Waals surface area contributed by atoms with Crippen molar-refractivity contribution in [3.05, 3.63) is 46.0 Å². The van der Waals surface area contributed by atoms with Crippen LogP contribution in [0.25, 0.3) is 0 Å². The van der Waals surface area contributed by atoms with Crippen LogP contribution >= 0.6 is 23.2 Å². The van der Waals surface area contributed by atoms with Gasteiger partial charge in [0.15, 0.2) is 0 Å². The van der Waals surface area contributed by atoms with Gasteiger partial charge < -0.3 is 14.2 Å². The number of benzene rings is 1. The SMILES string of the molecule is COCC1C(c2ccc(Cl)c(Cl)c2)CCN(C)C12OC(=O)C=CC(=O)O2. The molecule has 0 aliphatic carbocycles. The summed E-state index contributed by atoms with van der Waals surface area (Å²) in [5.74, 6) is -3.39. The topological polar surface area (TPSA) is 65.1 Å². The largest absolute Gasteiger partial charge is 0.405 e. The predicted molar refractivity (Wildman–Crippen MR) is 95.9 cm³/mol. The van der Waals surface area contributed by atoms with Gasteiger partial charge in [-0.25, -0.2) is 14.5 Å². The predicted octanol–water partition coefficient (Wildman–Crippen LogP) is 2.99. The number of esters is 2. The minimum absolute atomic E-state index is 0.111. The first kappa shape index (κ1) is 19.2. The molecule has 0 N–H and O–H groups in total. The van der Waals surface area contributed by atoms with Crippen molar-refractivity contribution in [2.75, 3.05) is 27.3 Å². The Bertz CT molecular complexity index is 731. The quantitative estimate of drug-likeness (QED) is 0.727. The molecular weight excluding hydrogens is 381 g/mol. The number of ether oxygens (including phenoxy) is 3. The molecule has 1 spiro atoms. The Labute approximate surface area is 161 Å². The van der Waals surface area contributed by atoms with E-state index < -0.39 is 23.8 Å². The third kappa shape index (κ3) is 3.47. The zero-order chi connectivity index (χ0) is 18.9. The van der Waals surface area contributed by atoms with Crippen LogP contribution in [0, 0.1) is 5.92 Å². The van der Waals surface area contributed by atoms with Crippen LogP contribution in [0.4, 0.5) is 0 Å². The van der Waals surface area contributed by atoms with Gasteiger partial charge in [-0.15, -0.1) is 0 Å². The summed E-state index contributed by atoms with van der Waals surface area (Å²) in [5.41, 5.74) is 0.915. The van der Waals surface area contributed by atoms with E-state index in [1.807, 2.05) is 6.07 Å². The van der Waals surface area contributed by atoms with E-state index in [-0.39, 0.29) is 12.5 Å². The van der Waals surface area contributed by atoms with Gasteiger partial charge in [0, 0.05) is 25.8 Å². The van der Waals surface area contributed by atoms with Gasteiger partial charge in [-0.1, -0.05) is 29.3 Å². The Kier molecular flexibility index (Phi) is 5.58. The van der Waals surface area contributed by atoms with E-state index in [1.54, 1.807) is 31.2 Å². The molecule has 1 aromatic carbocycles. The molecule has 2 unspecified atom stereocenters. The number of carbonyl (C=O) groups excluding carboxylic acids is 2. The Morgan fingerprint density at radius 1 is 1.19 bits per heavy atom. The normalized spacial score (nSPS) is 25.7. The minimum Gasteiger partial charge on any atom is -0.405 e. The van der Waals surface area contributed by atoms with Crippen LogP contribution in [-0.4, -0.2) is 50.1 Å². The number of methoxy groups -OCH3 is 1. The Balaban J connectivity index is 2.05.